The topological polar surface area (TPSA) is 80.1 Å². The number of thiazole rings is 1. The standard InChI is InChI=1S/C27H35N5O2S/c1-26-11-9-18-16(5-8-21-27(18,2)12-10-22(33)32(21)4)17(26)6-7-19(26)20-15-35-25(29-20)30-24(34)23-28-13-14-31(23)3/h10,12-19,21H,5-9,11H2,1-4H3,(H,29,30,34)/t16-,17-,18-,19+,21+,26-,27+/m0/s1. The number of hydrogen-bond donors (Lipinski definition) is 1. The maximum Gasteiger partial charge on any atom is 0.293 e. The molecule has 1 N–H and O–H groups in total. The van der Waals surface area contributed by atoms with Gasteiger partial charge in [-0.15, -0.1) is 11.3 Å². The van der Waals surface area contributed by atoms with E-state index in [4.69, 9.17) is 4.98 Å². The number of fused-ring (bicyclic) bond motifs is 5. The number of anilines is 1. The van der Waals surface area contributed by atoms with Crippen LogP contribution < -0.4 is 5.32 Å². The Morgan fingerprint density at radius 1 is 1.14 bits per heavy atom. The van der Waals surface area contributed by atoms with Gasteiger partial charge in [-0.2, -0.15) is 0 Å². The quantitative estimate of drug-likeness (QED) is 0.663. The van der Waals surface area contributed by atoms with E-state index >= 15 is 0 Å². The summed E-state index contributed by atoms with van der Waals surface area (Å²) in [5.74, 6) is 2.78. The molecule has 0 spiro atoms. The van der Waals surface area contributed by atoms with Gasteiger partial charge in [-0.05, 0) is 67.8 Å². The molecule has 4 aliphatic rings. The average Bonchev–Trinajstić information content (AvgIpc) is 3.54. The molecule has 2 amide bonds. The molecule has 35 heavy (non-hydrogen) atoms. The van der Waals surface area contributed by atoms with E-state index in [0.29, 0.717) is 40.7 Å². The molecule has 0 radical (unpaired) electrons. The largest absolute Gasteiger partial charge is 0.338 e. The van der Waals surface area contributed by atoms with Crippen molar-refractivity contribution in [1.82, 2.24) is 19.4 Å². The van der Waals surface area contributed by atoms with Gasteiger partial charge in [-0.25, -0.2) is 9.97 Å². The van der Waals surface area contributed by atoms with Crippen LogP contribution in [0.2, 0.25) is 0 Å². The monoisotopic (exact) mass is 493 g/mol. The summed E-state index contributed by atoms with van der Waals surface area (Å²) in [6.07, 6.45) is 14.6. The highest BCUT2D eigenvalue weighted by Gasteiger charge is 2.60. The average molecular weight is 494 g/mol. The smallest absolute Gasteiger partial charge is 0.293 e. The van der Waals surface area contributed by atoms with Crippen LogP contribution >= 0.6 is 11.3 Å². The van der Waals surface area contributed by atoms with E-state index in [0.717, 1.165) is 18.5 Å². The summed E-state index contributed by atoms with van der Waals surface area (Å²) in [4.78, 5) is 36.0. The number of imidazole rings is 1. The fraction of sp³-hybridized carbons (Fsp3) is 0.630. The molecule has 2 aromatic heterocycles. The van der Waals surface area contributed by atoms with Crippen molar-refractivity contribution in [3.63, 3.8) is 0 Å². The van der Waals surface area contributed by atoms with Crippen LogP contribution in [0.5, 0.6) is 0 Å². The second-order valence-corrected chi connectivity index (χ2v) is 12.5. The molecule has 3 heterocycles. The molecule has 186 valence electrons. The van der Waals surface area contributed by atoms with Gasteiger partial charge in [-0.3, -0.25) is 14.9 Å². The first kappa shape index (κ1) is 23.0. The number of hydrogen-bond acceptors (Lipinski definition) is 5. The van der Waals surface area contributed by atoms with Crippen molar-refractivity contribution in [2.75, 3.05) is 12.4 Å². The third-order valence-corrected chi connectivity index (χ3v) is 11.0. The van der Waals surface area contributed by atoms with Crippen LogP contribution in [0.25, 0.3) is 0 Å². The van der Waals surface area contributed by atoms with E-state index in [2.05, 4.69) is 35.6 Å². The van der Waals surface area contributed by atoms with Crippen LogP contribution in [0.4, 0.5) is 5.13 Å². The molecule has 3 fully saturated rings. The van der Waals surface area contributed by atoms with Gasteiger partial charge in [0, 0.05) is 49.2 Å². The van der Waals surface area contributed by atoms with Gasteiger partial charge in [0.05, 0.1) is 5.69 Å². The molecule has 1 aliphatic heterocycles. The van der Waals surface area contributed by atoms with Gasteiger partial charge in [-0.1, -0.05) is 19.9 Å². The summed E-state index contributed by atoms with van der Waals surface area (Å²) in [6, 6.07) is 0.325. The molecule has 7 atom stereocenters. The first-order valence-corrected chi connectivity index (χ1v) is 13.8. The fourth-order valence-corrected chi connectivity index (χ4v) is 9.22. The van der Waals surface area contributed by atoms with Crippen LogP contribution in [0.15, 0.2) is 29.9 Å². The van der Waals surface area contributed by atoms with Gasteiger partial charge in [0.2, 0.25) is 5.91 Å². The Labute approximate surface area is 211 Å². The number of aryl methyl sites for hydroxylation is 1. The van der Waals surface area contributed by atoms with Gasteiger partial charge in [0.15, 0.2) is 11.0 Å². The number of aromatic nitrogens is 3. The lowest BCUT2D eigenvalue weighted by molar-refractivity contribution is -0.138. The van der Waals surface area contributed by atoms with E-state index in [-0.39, 0.29) is 22.6 Å². The second-order valence-electron chi connectivity index (χ2n) is 11.7. The SMILES string of the molecule is CN1C(=O)C=C[C@]2(C)[C@H]3CC[C@]4(C)[C@@H](c5csc(NC(=O)c6nccn6C)n5)CC[C@H]4[C@@H]3CC[C@@H]12. The van der Waals surface area contributed by atoms with E-state index in [1.807, 2.05) is 25.1 Å². The van der Waals surface area contributed by atoms with Gasteiger partial charge >= 0.3 is 0 Å². The first-order valence-electron chi connectivity index (χ1n) is 12.9. The molecule has 3 saturated carbocycles. The molecule has 0 aromatic carbocycles. The minimum Gasteiger partial charge on any atom is -0.338 e. The highest BCUT2D eigenvalue weighted by molar-refractivity contribution is 7.14. The number of rotatable bonds is 3. The second kappa shape index (κ2) is 8.02. The van der Waals surface area contributed by atoms with Crippen LogP contribution in [0.1, 0.15) is 74.6 Å². The van der Waals surface area contributed by atoms with Gasteiger partial charge in [0.25, 0.3) is 5.91 Å². The molecular formula is C27H35N5O2S. The molecule has 0 saturated heterocycles. The minimum atomic E-state index is -0.219. The summed E-state index contributed by atoms with van der Waals surface area (Å²) in [5.41, 5.74) is 1.45. The number of nitrogens with one attached hydrogen (secondary N) is 1. The molecule has 3 aliphatic carbocycles. The summed E-state index contributed by atoms with van der Waals surface area (Å²) in [5, 5.41) is 5.76. The number of likely N-dealkylation sites (N-methyl/N-ethyl adjacent to an activating group) is 1. The van der Waals surface area contributed by atoms with E-state index in [1.54, 1.807) is 17.0 Å². The van der Waals surface area contributed by atoms with Crippen LogP contribution in [0, 0.1) is 28.6 Å². The van der Waals surface area contributed by atoms with Crippen molar-refractivity contribution in [3.8, 4) is 0 Å². The summed E-state index contributed by atoms with van der Waals surface area (Å²) < 4.78 is 1.72. The van der Waals surface area contributed by atoms with Crippen molar-refractivity contribution in [2.24, 2.45) is 35.6 Å². The van der Waals surface area contributed by atoms with Gasteiger partial charge in [0.1, 0.15) is 0 Å². The maximum atomic E-state index is 12.6. The predicted octanol–water partition coefficient (Wildman–Crippen LogP) is 4.85. The summed E-state index contributed by atoms with van der Waals surface area (Å²) in [6.45, 7) is 4.90. The number of carbonyl (C=O) groups excluding carboxylic acids is 2. The normalized spacial score (nSPS) is 38.1. The third-order valence-electron chi connectivity index (χ3n) is 10.3. The highest BCUT2D eigenvalue weighted by Crippen LogP contribution is 2.67. The Morgan fingerprint density at radius 3 is 2.74 bits per heavy atom. The van der Waals surface area contributed by atoms with E-state index in [1.165, 1.54) is 37.0 Å². The van der Waals surface area contributed by atoms with Crippen molar-refractivity contribution < 1.29 is 9.59 Å². The van der Waals surface area contributed by atoms with Crippen molar-refractivity contribution in [1.29, 1.82) is 0 Å². The number of nitrogens with zero attached hydrogens (tertiary/aromatic N) is 4. The molecule has 8 heteroatoms. The molecule has 7 nitrogen and oxygen atoms in total. The lowest BCUT2D eigenvalue weighted by atomic mass is 9.47. The van der Waals surface area contributed by atoms with Crippen molar-refractivity contribution in [3.05, 3.63) is 41.4 Å². The Hall–Kier alpha value is -2.48. The number of amides is 2. The predicted molar refractivity (Wildman–Crippen MR) is 136 cm³/mol. The lowest BCUT2D eigenvalue weighted by Crippen LogP contribution is -2.59. The van der Waals surface area contributed by atoms with E-state index < -0.39 is 0 Å². The highest BCUT2D eigenvalue weighted by atomic mass is 32.1. The third kappa shape index (κ3) is 3.35. The molecular weight excluding hydrogens is 458 g/mol. The Balaban J connectivity index is 1.22. The Morgan fingerprint density at radius 2 is 1.97 bits per heavy atom. The molecule has 0 unspecified atom stereocenters. The zero-order chi connectivity index (χ0) is 24.5. The summed E-state index contributed by atoms with van der Waals surface area (Å²) >= 11 is 1.52. The number of carbonyl (C=O) groups is 2. The minimum absolute atomic E-state index is 0.0774. The van der Waals surface area contributed by atoms with Crippen molar-refractivity contribution >= 4 is 28.3 Å². The van der Waals surface area contributed by atoms with Crippen molar-refractivity contribution in [2.45, 2.75) is 64.3 Å². The van der Waals surface area contributed by atoms with Gasteiger partial charge < -0.3 is 9.47 Å². The van der Waals surface area contributed by atoms with Crippen LogP contribution in [-0.4, -0.2) is 44.3 Å². The molecule has 6 rings (SSSR count). The maximum absolute atomic E-state index is 12.6. The lowest BCUT2D eigenvalue weighted by Gasteiger charge is -2.60. The summed E-state index contributed by atoms with van der Waals surface area (Å²) in [7, 11) is 3.80. The zero-order valence-corrected chi connectivity index (χ0v) is 21.8. The fourth-order valence-electron chi connectivity index (χ4n) is 8.47. The Kier molecular flexibility index (Phi) is 5.26. The van der Waals surface area contributed by atoms with Crippen LogP contribution in [-0.2, 0) is 11.8 Å². The van der Waals surface area contributed by atoms with E-state index in [9.17, 15) is 9.59 Å². The molecule has 2 aromatic rings. The first-order chi connectivity index (χ1) is 16.7. The zero-order valence-electron chi connectivity index (χ0n) is 21.0. The van der Waals surface area contributed by atoms with Crippen LogP contribution in [0.3, 0.4) is 0 Å². The molecule has 0 bridgehead atoms. The Bertz CT molecular complexity index is 1200.